The quantitative estimate of drug-likeness (QED) is 0.537. The van der Waals surface area contributed by atoms with Crippen molar-refractivity contribution in [3.8, 4) is 0 Å². The molecule has 0 aliphatic rings. The van der Waals surface area contributed by atoms with Crippen molar-refractivity contribution in [2.24, 2.45) is 5.92 Å². The van der Waals surface area contributed by atoms with Gasteiger partial charge in [-0.25, -0.2) is 0 Å². The molecule has 0 aliphatic heterocycles. The number of aliphatic hydroxyl groups excluding tert-OH is 1. The van der Waals surface area contributed by atoms with E-state index in [1.165, 1.54) is 0 Å². The molecule has 0 unspecified atom stereocenters. The molecular formula is C13H23NO2. The van der Waals surface area contributed by atoms with Gasteiger partial charge in [0.1, 0.15) is 0 Å². The molecule has 0 bridgehead atoms. The summed E-state index contributed by atoms with van der Waals surface area (Å²) in [5.41, 5.74) is 0.653. The number of rotatable bonds is 6. The fourth-order valence-corrected chi connectivity index (χ4v) is 1.25. The molecule has 3 nitrogen and oxygen atoms in total. The van der Waals surface area contributed by atoms with Crippen molar-refractivity contribution in [3.63, 3.8) is 0 Å². The lowest BCUT2D eigenvalue weighted by molar-refractivity contribution is -0.118. The Morgan fingerprint density at radius 3 is 2.56 bits per heavy atom. The topological polar surface area (TPSA) is 49.3 Å². The Labute approximate surface area is 98.2 Å². The Bertz CT molecular complexity index is 269. The number of nitrogens with one attached hydrogen (secondary N) is 1. The maximum Gasteiger partial charge on any atom is 0.247 e. The standard InChI is InChI=1S/C13H23NO2/c1-5-7-8-11(4)13(16)14-12(9-15)10(3)6-2/h5,7-8,10,12,15H,6,9H2,1-4H3,(H,14,16)/b7-5+,11-8+/t10-,12-/m1/s1. The van der Waals surface area contributed by atoms with Crippen LogP contribution in [0.1, 0.15) is 34.1 Å². The van der Waals surface area contributed by atoms with Gasteiger partial charge in [0.25, 0.3) is 0 Å². The number of hydrogen-bond donors (Lipinski definition) is 2. The third-order valence-corrected chi connectivity index (χ3v) is 2.74. The van der Waals surface area contributed by atoms with Gasteiger partial charge in [-0.15, -0.1) is 0 Å². The number of hydrogen-bond acceptors (Lipinski definition) is 2. The van der Waals surface area contributed by atoms with Crippen LogP contribution in [0.5, 0.6) is 0 Å². The second-order valence-corrected chi connectivity index (χ2v) is 4.02. The van der Waals surface area contributed by atoms with Gasteiger partial charge >= 0.3 is 0 Å². The minimum absolute atomic E-state index is 0.0162. The van der Waals surface area contributed by atoms with E-state index in [4.69, 9.17) is 0 Å². The molecule has 0 fully saturated rings. The summed E-state index contributed by atoms with van der Waals surface area (Å²) in [7, 11) is 0. The Balaban J connectivity index is 4.41. The molecule has 3 heteroatoms. The molecule has 0 aromatic heterocycles. The van der Waals surface area contributed by atoms with Crippen LogP contribution in [-0.2, 0) is 4.79 Å². The van der Waals surface area contributed by atoms with Crippen LogP contribution in [0.2, 0.25) is 0 Å². The van der Waals surface area contributed by atoms with Crippen molar-refractivity contribution in [1.29, 1.82) is 0 Å². The number of allylic oxidation sites excluding steroid dienone is 3. The van der Waals surface area contributed by atoms with Gasteiger partial charge in [0.15, 0.2) is 0 Å². The van der Waals surface area contributed by atoms with Gasteiger partial charge < -0.3 is 10.4 Å². The maximum atomic E-state index is 11.7. The molecule has 0 aliphatic carbocycles. The molecule has 2 N–H and O–H groups in total. The number of amides is 1. The number of carbonyl (C=O) groups excluding carboxylic acids is 1. The van der Waals surface area contributed by atoms with Crippen molar-refractivity contribution in [2.45, 2.75) is 40.2 Å². The van der Waals surface area contributed by atoms with E-state index in [1.807, 2.05) is 32.9 Å². The first-order valence-electron chi connectivity index (χ1n) is 5.78. The molecule has 16 heavy (non-hydrogen) atoms. The molecule has 0 saturated carbocycles. The molecule has 0 radical (unpaired) electrons. The second-order valence-electron chi connectivity index (χ2n) is 4.02. The average molecular weight is 225 g/mol. The Morgan fingerprint density at radius 1 is 1.50 bits per heavy atom. The number of carbonyl (C=O) groups is 1. The van der Waals surface area contributed by atoms with Crippen LogP contribution in [0.25, 0.3) is 0 Å². The lowest BCUT2D eigenvalue weighted by atomic mass is 9.99. The summed E-state index contributed by atoms with van der Waals surface area (Å²) in [6.45, 7) is 7.71. The Kier molecular flexibility index (Phi) is 7.56. The van der Waals surface area contributed by atoms with E-state index >= 15 is 0 Å². The molecule has 1 amide bonds. The third kappa shape index (κ3) is 5.12. The monoisotopic (exact) mass is 225 g/mol. The van der Waals surface area contributed by atoms with Crippen molar-refractivity contribution < 1.29 is 9.90 Å². The van der Waals surface area contributed by atoms with Crippen molar-refractivity contribution in [3.05, 3.63) is 23.8 Å². The summed E-state index contributed by atoms with van der Waals surface area (Å²) < 4.78 is 0. The van der Waals surface area contributed by atoms with Crippen LogP contribution < -0.4 is 5.32 Å². The van der Waals surface area contributed by atoms with Crippen molar-refractivity contribution in [2.75, 3.05) is 6.61 Å². The van der Waals surface area contributed by atoms with E-state index in [1.54, 1.807) is 13.0 Å². The summed E-state index contributed by atoms with van der Waals surface area (Å²) in [5.74, 6) is 0.168. The largest absolute Gasteiger partial charge is 0.394 e. The van der Waals surface area contributed by atoms with Crippen LogP contribution in [-0.4, -0.2) is 23.7 Å². The molecule has 0 rings (SSSR count). The average Bonchev–Trinajstić information content (AvgIpc) is 2.31. The Hall–Kier alpha value is -1.09. The van der Waals surface area contributed by atoms with Crippen molar-refractivity contribution >= 4 is 5.91 Å². The summed E-state index contributed by atoms with van der Waals surface area (Å²) in [6.07, 6.45) is 6.39. The molecule has 0 aromatic carbocycles. The molecule has 0 heterocycles. The van der Waals surface area contributed by atoms with E-state index in [0.717, 1.165) is 6.42 Å². The normalized spacial score (nSPS) is 16.2. The molecular weight excluding hydrogens is 202 g/mol. The van der Waals surface area contributed by atoms with Gasteiger partial charge in [-0.1, -0.05) is 38.5 Å². The fraction of sp³-hybridized carbons (Fsp3) is 0.615. The lowest BCUT2D eigenvalue weighted by Crippen LogP contribution is -2.42. The Morgan fingerprint density at radius 2 is 2.12 bits per heavy atom. The first-order valence-corrected chi connectivity index (χ1v) is 5.78. The molecule has 2 atom stereocenters. The number of aliphatic hydroxyl groups is 1. The summed E-state index contributed by atoms with van der Waals surface area (Å²) in [6, 6.07) is -0.161. The summed E-state index contributed by atoms with van der Waals surface area (Å²) in [4.78, 5) is 11.7. The highest BCUT2D eigenvalue weighted by Crippen LogP contribution is 2.07. The molecule has 0 spiro atoms. The molecule has 0 saturated heterocycles. The van der Waals surface area contributed by atoms with Crippen LogP contribution in [0.4, 0.5) is 0 Å². The molecule has 0 aromatic rings. The van der Waals surface area contributed by atoms with E-state index in [0.29, 0.717) is 5.57 Å². The highest BCUT2D eigenvalue weighted by atomic mass is 16.3. The zero-order valence-corrected chi connectivity index (χ0v) is 10.7. The first kappa shape index (κ1) is 14.9. The zero-order valence-electron chi connectivity index (χ0n) is 10.7. The van der Waals surface area contributed by atoms with E-state index in [-0.39, 0.29) is 24.5 Å². The first-order chi connectivity index (χ1) is 7.56. The minimum Gasteiger partial charge on any atom is -0.394 e. The van der Waals surface area contributed by atoms with E-state index in [9.17, 15) is 9.90 Å². The van der Waals surface area contributed by atoms with Crippen molar-refractivity contribution in [1.82, 2.24) is 5.32 Å². The van der Waals surface area contributed by atoms with Crippen LogP contribution in [0.15, 0.2) is 23.8 Å². The van der Waals surface area contributed by atoms with Gasteiger partial charge in [0.2, 0.25) is 5.91 Å². The van der Waals surface area contributed by atoms with Gasteiger partial charge in [-0.3, -0.25) is 4.79 Å². The van der Waals surface area contributed by atoms with Gasteiger partial charge in [0.05, 0.1) is 12.6 Å². The highest BCUT2D eigenvalue weighted by Gasteiger charge is 2.17. The minimum atomic E-state index is -0.161. The zero-order chi connectivity index (χ0) is 12.6. The SMILES string of the molecule is C/C=C/C=C(\C)C(=O)N[C@H](CO)[C@H](C)CC. The van der Waals surface area contributed by atoms with Gasteiger partial charge in [-0.05, 0) is 19.8 Å². The lowest BCUT2D eigenvalue weighted by Gasteiger charge is -2.22. The predicted molar refractivity (Wildman–Crippen MR) is 67.0 cm³/mol. The predicted octanol–water partition coefficient (Wildman–Crippen LogP) is 2.03. The fourth-order valence-electron chi connectivity index (χ4n) is 1.25. The van der Waals surface area contributed by atoms with E-state index in [2.05, 4.69) is 5.32 Å². The van der Waals surface area contributed by atoms with Gasteiger partial charge in [0, 0.05) is 5.57 Å². The maximum absolute atomic E-state index is 11.7. The summed E-state index contributed by atoms with van der Waals surface area (Å²) >= 11 is 0. The molecule has 92 valence electrons. The summed E-state index contributed by atoms with van der Waals surface area (Å²) in [5, 5.41) is 12.0. The van der Waals surface area contributed by atoms with E-state index < -0.39 is 0 Å². The van der Waals surface area contributed by atoms with Crippen LogP contribution in [0, 0.1) is 5.92 Å². The third-order valence-electron chi connectivity index (χ3n) is 2.74. The van der Waals surface area contributed by atoms with Gasteiger partial charge in [-0.2, -0.15) is 0 Å². The van der Waals surface area contributed by atoms with Crippen LogP contribution >= 0.6 is 0 Å². The highest BCUT2D eigenvalue weighted by molar-refractivity contribution is 5.93. The van der Waals surface area contributed by atoms with Crippen LogP contribution in [0.3, 0.4) is 0 Å². The smallest absolute Gasteiger partial charge is 0.247 e. The second kappa shape index (κ2) is 8.11.